The molecule has 0 fully saturated rings. The van der Waals surface area contributed by atoms with Gasteiger partial charge in [0.2, 0.25) is 0 Å². The Kier molecular flexibility index (Phi) is 7.82. The summed E-state index contributed by atoms with van der Waals surface area (Å²) >= 11 is 0. The van der Waals surface area contributed by atoms with E-state index in [1.54, 1.807) is 0 Å². The Morgan fingerprint density at radius 3 is 1.65 bits per heavy atom. The molecular weight excluding hydrogens is 693 g/mol. The molecule has 0 saturated carbocycles. The van der Waals surface area contributed by atoms with E-state index in [2.05, 4.69) is 216 Å². The second-order valence-electron chi connectivity index (χ2n) is 14.5. The third-order valence-electron chi connectivity index (χ3n) is 11.2. The summed E-state index contributed by atoms with van der Waals surface area (Å²) in [5.41, 5.74) is 15.6. The summed E-state index contributed by atoms with van der Waals surface area (Å²) in [7, 11) is 0. The lowest BCUT2D eigenvalue weighted by molar-refractivity contribution is 0.669. The zero-order valence-electron chi connectivity index (χ0n) is 31.1. The van der Waals surface area contributed by atoms with Gasteiger partial charge in [0.15, 0.2) is 0 Å². The molecule has 0 aliphatic carbocycles. The van der Waals surface area contributed by atoms with Crippen molar-refractivity contribution in [3.05, 3.63) is 218 Å². The number of para-hydroxylation sites is 4. The van der Waals surface area contributed by atoms with Crippen molar-refractivity contribution in [2.24, 2.45) is 0 Å². The molecule has 9 aromatic carbocycles. The Bertz CT molecular complexity index is 3190. The van der Waals surface area contributed by atoms with Crippen LogP contribution in [0.5, 0.6) is 0 Å². The molecule has 2 aromatic heterocycles. The van der Waals surface area contributed by atoms with Crippen LogP contribution in [0.25, 0.3) is 82.8 Å². The first-order valence-corrected chi connectivity index (χ1v) is 19.4. The van der Waals surface area contributed by atoms with Crippen LogP contribution in [0.2, 0.25) is 0 Å². The lowest BCUT2D eigenvalue weighted by Crippen LogP contribution is -2.10. The SMILES string of the molecule is c1ccc(-c2cccc(N(c3ccc(-c4cccc(-c5ccccc5-n5c6ccccc6c6ccccc65)c4)cc3)c3ccc4oc5ccccc5c4c3)c2)cc1. The maximum atomic E-state index is 6.23. The molecule has 2 heterocycles. The van der Waals surface area contributed by atoms with Gasteiger partial charge in [-0.05, 0) is 101 Å². The van der Waals surface area contributed by atoms with Crippen LogP contribution >= 0.6 is 0 Å². The average Bonchev–Trinajstić information content (AvgIpc) is 3.83. The van der Waals surface area contributed by atoms with Gasteiger partial charge < -0.3 is 13.9 Å². The molecule has 57 heavy (non-hydrogen) atoms. The molecule has 0 amide bonds. The van der Waals surface area contributed by atoms with Gasteiger partial charge in [0.05, 0.1) is 16.7 Å². The highest BCUT2D eigenvalue weighted by Gasteiger charge is 2.18. The van der Waals surface area contributed by atoms with Gasteiger partial charge in [-0.1, -0.05) is 146 Å². The van der Waals surface area contributed by atoms with Crippen molar-refractivity contribution in [1.82, 2.24) is 4.57 Å². The molecule has 11 rings (SSSR count). The normalized spacial score (nSPS) is 11.5. The number of rotatable bonds is 7. The van der Waals surface area contributed by atoms with Crippen LogP contribution in [0.1, 0.15) is 0 Å². The molecule has 0 aliphatic rings. The molecule has 268 valence electrons. The minimum Gasteiger partial charge on any atom is -0.456 e. The quantitative estimate of drug-likeness (QED) is 0.163. The summed E-state index contributed by atoms with van der Waals surface area (Å²) in [5, 5.41) is 4.73. The lowest BCUT2D eigenvalue weighted by Gasteiger charge is -2.26. The van der Waals surface area contributed by atoms with Gasteiger partial charge >= 0.3 is 0 Å². The van der Waals surface area contributed by atoms with E-state index in [0.29, 0.717) is 0 Å². The summed E-state index contributed by atoms with van der Waals surface area (Å²) < 4.78 is 8.64. The number of hydrogen-bond acceptors (Lipinski definition) is 2. The Labute approximate surface area is 330 Å². The first-order chi connectivity index (χ1) is 28.3. The Morgan fingerprint density at radius 1 is 0.316 bits per heavy atom. The third-order valence-corrected chi connectivity index (χ3v) is 11.2. The Morgan fingerprint density at radius 2 is 0.860 bits per heavy atom. The van der Waals surface area contributed by atoms with E-state index in [-0.39, 0.29) is 0 Å². The van der Waals surface area contributed by atoms with Gasteiger partial charge in [-0.25, -0.2) is 0 Å². The zero-order chi connectivity index (χ0) is 37.7. The van der Waals surface area contributed by atoms with Gasteiger partial charge in [-0.2, -0.15) is 0 Å². The maximum Gasteiger partial charge on any atom is 0.135 e. The predicted molar refractivity (Wildman–Crippen MR) is 239 cm³/mol. The lowest BCUT2D eigenvalue weighted by atomic mass is 9.97. The van der Waals surface area contributed by atoms with E-state index >= 15 is 0 Å². The van der Waals surface area contributed by atoms with Crippen molar-refractivity contribution in [2.75, 3.05) is 4.90 Å². The van der Waals surface area contributed by atoms with Gasteiger partial charge in [-0.15, -0.1) is 0 Å². The first kappa shape index (κ1) is 32.8. The number of benzene rings is 9. The molecule has 0 saturated heterocycles. The minimum atomic E-state index is 0.882. The van der Waals surface area contributed by atoms with Crippen LogP contribution in [0, 0.1) is 0 Å². The van der Waals surface area contributed by atoms with Crippen LogP contribution in [0.15, 0.2) is 223 Å². The number of fused-ring (bicyclic) bond motifs is 6. The van der Waals surface area contributed by atoms with E-state index < -0.39 is 0 Å². The number of furan rings is 1. The minimum absolute atomic E-state index is 0.882. The second-order valence-corrected chi connectivity index (χ2v) is 14.5. The molecule has 0 atom stereocenters. The average molecular weight is 729 g/mol. The molecular formula is C54H36N2O. The zero-order valence-corrected chi connectivity index (χ0v) is 31.1. The van der Waals surface area contributed by atoms with Gasteiger partial charge in [-0.3, -0.25) is 0 Å². The Hall–Kier alpha value is -7.62. The van der Waals surface area contributed by atoms with Crippen molar-refractivity contribution < 1.29 is 4.42 Å². The monoisotopic (exact) mass is 728 g/mol. The number of hydrogen-bond donors (Lipinski definition) is 0. The standard InChI is InChI=1S/C54H36N2O/c1-2-14-37(15-3-1)40-17-13-19-43(35-40)55(44-32-33-54-49(36-44)48-23-7-11-27-53(48)57-54)42-30-28-38(29-31-42)39-16-12-18-41(34-39)45-20-4-8-24-50(45)56-51-25-9-5-21-46(51)47-22-6-10-26-52(47)56/h1-36H. The van der Waals surface area contributed by atoms with Gasteiger partial charge in [0.1, 0.15) is 11.2 Å². The van der Waals surface area contributed by atoms with E-state index in [1.807, 2.05) is 12.1 Å². The third kappa shape index (κ3) is 5.68. The van der Waals surface area contributed by atoms with Crippen molar-refractivity contribution >= 4 is 60.8 Å². The van der Waals surface area contributed by atoms with Crippen molar-refractivity contribution in [1.29, 1.82) is 0 Å². The topological polar surface area (TPSA) is 21.3 Å². The highest BCUT2D eigenvalue weighted by atomic mass is 16.3. The Balaban J connectivity index is 1.00. The molecule has 3 nitrogen and oxygen atoms in total. The summed E-state index contributed by atoms with van der Waals surface area (Å²) in [6, 6.07) is 78.2. The van der Waals surface area contributed by atoms with E-state index in [9.17, 15) is 0 Å². The summed E-state index contributed by atoms with van der Waals surface area (Å²) in [6.45, 7) is 0. The molecule has 0 unspecified atom stereocenters. The molecule has 0 N–H and O–H groups in total. The van der Waals surface area contributed by atoms with Crippen LogP contribution in [0.4, 0.5) is 17.1 Å². The molecule has 3 heteroatoms. The molecule has 0 bridgehead atoms. The molecule has 0 spiro atoms. The van der Waals surface area contributed by atoms with Crippen LogP contribution < -0.4 is 4.90 Å². The first-order valence-electron chi connectivity index (χ1n) is 19.4. The summed E-state index contributed by atoms with van der Waals surface area (Å²) in [5.74, 6) is 0. The molecule has 0 aliphatic heterocycles. The highest BCUT2D eigenvalue weighted by Crippen LogP contribution is 2.41. The summed E-state index contributed by atoms with van der Waals surface area (Å²) in [6.07, 6.45) is 0. The predicted octanol–water partition coefficient (Wildman–Crippen LogP) is 15.2. The van der Waals surface area contributed by atoms with Crippen molar-refractivity contribution in [2.45, 2.75) is 0 Å². The van der Waals surface area contributed by atoms with Gasteiger partial charge in [0.25, 0.3) is 0 Å². The summed E-state index contributed by atoms with van der Waals surface area (Å²) in [4.78, 5) is 2.34. The number of aromatic nitrogens is 1. The van der Waals surface area contributed by atoms with E-state index in [4.69, 9.17) is 4.42 Å². The van der Waals surface area contributed by atoms with Crippen molar-refractivity contribution in [3.63, 3.8) is 0 Å². The van der Waals surface area contributed by atoms with Crippen molar-refractivity contribution in [3.8, 4) is 39.1 Å². The van der Waals surface area contributed by atoms with E-state index in [1.165, 1.54) is 49.6 Å². The second kappa shape index (κ2) is 13.6. The fourth-order valence-electron chi connectivity index (χ4n) is 8.52. The highest BCUT2D eigenvalue weighted by molar-refractivity contribution is 6.10. The van der Waals surface area contributed by atoms with Crippen LogP contribution in [-0.4, -0.2) is 4.57 Å². The largest absolute Gasteiger partial charge is 0.456 e. The molecule has 0 radical (unpaired) electrons. The van der Waals surface area contributed by atoms with Crippen LogP contribution in [0.3, 0.4) is 0 Å². The molecule has 11 aromatic rings. The fraction of sp³-hybridized carbons (Fsp3) is 0. The number of anilines is 3. The fourth-order valence-corrected chi connectivity index (χ4v) is 8.52. The van der Waals surface area contributed by atoms with E-state index in [0.717, 1.165) is 50.3 Å². The number of nitrogens with zero attached hydrogens (tertiary/aromatic N) is 2. The van der Waals surface area contributed by atoms with Gasteiger partial charge in [0, 0.05) is 44.2 Å². The maximum absolute atomic E-state index is 6.23. The smallest absolute Gasteiger partial charge is 0.135 e. The van der Waals surface area contributed by atoms with Crippen LogP contribution in [-0.2, 0) is 0 Å².